The predicted molar refractivity (Wildman–Crippen MR) is 92.4 cm³/mol. The molecule has 1 N–H and O–H groups in total. The van der Waals surface area contributed by atoms with Crippen LogP contribution in [0.25, 0.3) is 0 Å². The standard InChI is InChI=1S/C19H34N2O2/c1-23-18(22)19-14-16(19)10-7-5-3-2-4-6-8-12-21-13-9-11-17(21)15-20-19/h16-17,20H,2-15H2,1H3. The van der Waals surface area contributed by atoms with Gasteiger partial charge in [-0.1, -0.05) is 38.5 Å². The van der Waals surface area contributed by atoms with Crippen LogP contribution in [-0.2, 0) is 9.53 Å². The summed E-state index contributed by atoms with van der Waals surface area (Å²) in [6.45, 7) is 3.42. The fraction of sp³-hybridized carbons (Fsp3) is 0.947. The Morgan fingerprint density at radius 1 is 1.00 bits per heavy atom. The summed E-state index contributed by atoms with van der Waals surface area (Å²) >= 11 is 0. The van der Waals surface area contributed by atoms with E-state index in [1.165, 1.54) is 84.4 Å². The highest BCUT2D eigenvalue weighted by atomic mass is 16.5. The highest BCUT2D eigenvalue weighted by Gasteiger charge is 2.60. The van der Waals surface area contributed by atoms with Gasteiger partial charge in [-0.2, -0.15) is 0 Å². The van der Waals surface area contributed by atoms with Gasteiger partial charge in [-0.3, -0.25) is 9.69 Å². The molecule has 4 nitrogen and oxygen atoms in total. The lowest BCUT2D eigenvalue weighted by atomic mass is 10.0. The van der Waals surface area contributed by atoms with Crippen LogP contribution in [-0.4, -0.2) is 49.2 Å². The molecular formula is C19H34N2O2. The van der Waals surface area contributed by atoms with Crippen LogP contribution in [0.2, 0.25) is 0 Å². The molecule has 3 fully saturated rings. The summed E-state index contributed by atoms with van der Waals surface area (Å²) in [4.78, 5) is 15.0. The number of fused-ring (bicyclic) bond motifs is 2. The first-order valence-electron chi connectivity index (χ1n) is 9.84. The van der Waals surface area contributed by atoms with Crippen LogP contribution in [0.15, 0.2) is 0 Å². The maximum absolute atomic E-state index is 12.3. The number of carbonyl (C=O) groups is 1. The Labute approximate surface area is 141 Å². The maximum Gasteiger partial charge on any atom is 0.326 e. The third kappa shape index (κ3) is 4.08. The first-order valence-corrected chi connectivity index (χ1v) is 9.84. The van der Waals surface area contributed by atoms with Crippen LogP contribution in [0.5, 0.6) is 0 Å². The molecule has 0 bridgehead atoms. The predicted octanol–water partition coefficient (Wildman–Crippen LogP) is 3.11. The second-order valence-electron chi connectivity index (χ2n) is 7.84. The second-order valence-corrected chi connectivity index (χ2v) is 7.84. The van der Waals surface area contributed by atoms with Crippen molar-refractivity contribution in [2.45, 2.75) is 82.2 Å². The molecule has 2 saturated heterocycles. The molecule has 0 aromatic heterocycles. The monoisotopic (exact) mass is 322 g/mol. The lowest BCUT2D eigenvalue weighted by Gasteiger charge is -2.27. The topological polar surface area (TPSA) is 41.6 Å². The van der Waals surface area contributed by atoms with Gasteiger partial charge in [0.1, 0.15) is 5.54 Å². The van der Waals surface area contributed by atoms with E-state index < -0.39 is 0 Å². The van der Waals surface area contributed by atoms with E-state index in [0.29, 0.717) is 12.0 Å². The Bertz CT molecular complexity index is 401. The first kappa shape index (κ1) is 17.2. The number of rotatable bonds is 1. The largest absolute Gasteiger partial charge is 0.468 e. The zero-order chi connectivity index (χ0) is 16.1. The van der Waals surface area contributed by atoms with Gasteiger partial charge < -0.3 is 10.1 Å². The van der Waals surface area contributed by atoms with Gasteiger partial charge in [-0.25, -0.2) is 0 Å². The molecule has 0 aromatic rings. The summed E-state index contributed by atoms with van der Waals surface area (Å²) in [5.41, 5.74) is -0.358. The number of hydrogen-bond acceptors (Lipinski definition) is 4. The van der Waals surface area contributed by atoms with Crippen LogP contribution in [0.3, 0.4) is 0 Å². The molecule has 3 atom stereocenters. The van der Waals surface area contributed by atoms with Crippen molar-refractivity contribution in [1.29, 1.82) is 0 Å². The quantitative estimate of drug-likeness (QED) is 0.753. The van der Waals surface area contributed by atoms with Crippen LogP contribution in [0, 0.1) is 5.92 Å². The lowest BCUT2D eigenvalue weighted by Crippen LogP contribution is -2.48. The highest BCUT2D eigenvalue weighted by Crippen LogP contribution is 2.48. The summed E-state index contributed by atoms with van der Waals surface area (Å²) < 4.78 is 5.12. The van der Waals surface area contributed by atoms with E-state index in [9.17, 15) is 4.79 Å². The Morgan fingerprint density at radius 2 is 1.70 bits per heavy atom. The molecule has 0 amide bonds. The van der Waals surface area contributed by atoms with E-state index >= 15 is 0 Å². The summed E-state index contributed by atoms with van der Waals surface area (Å²) in [5.74, 6) is 0.464. The summed E-state index contributed by atoms with van der Waals surface area (Å²) in [6, 6.07) is 0.614. The average molecular weight is 322 g/mol. The number of hydrogen-bond donors (Lipinski definition) is 1. The second kappa shape index (κ2) is 7.98. The van der Waals surface area contributed by atoms with E-state index in [1.807, 2.05) is 0 Å². The Morgan fingerprint density at radius 3 is 2.48 bits per heavy atom. The van der Waals surface area contributed by atoms with Crippen molar-refractivity contribution in [2.75, 3.05) is 26.7 Å². The van der Waals surface area contributed by atoms with Gasteiger partial charge in [0.25, 0.3) is 0 Å². The lowest BCUT2D eigenvalue weighted by molar-refractivity contribution is -0.145. The van der Waals surface area contributed by atoms with Crippen LogP contribution in [0.4, 0.5) is 0 Å². The molecule has 132 valence electrons. The van der Waals surface area contributed by atoms with Gasteiger partial charge in [0.2, 0.25) is 0 Å². The van der Waals surface area contributed by atoms with Gasteiger partial charge in [0, 0.05) is 12.6 Å². The van der Waals surface area contributed by atoms with Crippen molar-refractivity contribution < 1.29 is 9.53 Å². The third-order valence-corrected chi connectivity index (χ3v) is 6.30. The first-order chi connectivity index (χ1) is 11.3. The number of carbonyl (C=O) groups excluding carboxylic acids is 1. The fourth-order valence-corrected chi connectivity index (χ4v) is 4.71. The van der Waals surface area contributed by atoms with Crippen LogP contribution in [0.1, 0.15) is 70.6 Å². The SMILES string of the molecule is COC(=O)C12CC1CCCCCCCCCN1CCCC1CN2. The molecule has 4 heteroatoms. The van der Waals surface area contributed by atoms with Gasteiger partial charge in [-0.05, 0) is 51.1 Å². The summed E-state index contributed by atoms with van der Waals surface area (Å²) in [7, 11) is 1.53. The van der Waals surface area contributed by atoms with Crippen molar-refractivity contribution in [1.82, 2.24) is 10.2 Å². The summed E-state index contributed by atoms with van der Waals surface area (Å²) in [6.07, 6.45) is 14.2. The van der Waals surface area contributed by atoms with E-state index in [-0.39, 0.29) is 11.5 Å². The summed E-state index contributed by atoms with van der Waals surface area (Å²) in [5, 5.41) is 3.65. The molecule has 3 rings (SSSR count). The van der Waals surface area contributed by atoms with E-state index in [0.717, 1.165) is 13.0 Å². The van der Waals surface area contributed by atoms with Gasteiger partial charge in [0.05, 0.1) is 7.11 Å². The van der Waals surface area contributed by atoms with Crippen molar-refractivity contribution in [3.8, 4) is 0 Å². The van der Waals surface area contributed by atoms with E-state index in [2.05, 4.69) is 10.2 Å². The van der Waals surface area contributed by atoms with Gasteiger partial charge >= 0.3 is 5.97 Å². The Kier molecular flexibility index (Phi) is 5.97. The molecule has 3 aliphatic rings. The molecule has 0 radical (unpaired) electrons. The van der Waals surface area contributed by atoms with E-state index in [1.54, 1.807) is 0 Å². The molecule has 2 heterocycles. The number of ether oxygens (including phenoxy) is 1. The minimum absolute atomic E-state index is 0.0311. The fourth-order valence-electron chi connectivity index (χ4n) is 4.71. The smallest absolute Gasteiger partial charge is 0.326 e. The molecule has 1 aliphatic carbocycles. The molecule has 3 unspecified atom stereocenters. The van der Waals surface area contributed by atoms with Crippen molar-refractivity contribution in [2.24, 2.45) is 5.92 Å². The normalized spacial score (nSPS) is 37.1. The number of nitrogens with zero attached hydrogens (tertiary/aromatic N) is 1. The average Bonchev–Trinajstić information content (AvgIpc) is 3.09. The molecular weight excluding hydrogens is 288 g/mol. The Balaban J connectivity index is 1.62. The third-order valence-electron chi connectivity index (χ3n) is 6.30. The molecule has 23 heavy (non-hydrogen) atoms. The zero-order valence-corrected chi connectivity index (χ0v) is 14.8. The molecule has 1 saturated carbocycles. The number of nitrogens with one attached hydrogen (secondary N) is 1. The highest BCUT2D eigenvalue weighted by molar-refractivity contribution is 5.85. The van der Waals surface area contributed by atoms with Crippen molar-refractivity contribution in [3.63, 3.8) is 0 Å². The number of methoxy groups -OCH3 is 1. The van der Waals surface area contributed by atoms with Gasteiger partial charge in [-0.15, -0.1) is 0 Å². The number of esters is 1. The molecule has 2 aliphatic heterocycles. The Hall–Kier alpha value is -0.610. The van der Waals surface area contributed by atoms with E-state index in [4.69, 9.17) is 4.74 Å². The van der Waals surface area contributed by atoms with Crippen LogP contribution >= 0.6 is 0 Å². The zero-order valence-electron chi connectivity index (χ0n) is 14.8. The van der Waals surface area contributed by atoms with Crippen molar-refractivity contribution >= 4 is 5.97 Å². The van der Waals surface area contributed by atoms with Crippen molar-refractivity contribution in [3.05, 3.63) is 0 Å². The maximum atomic E-state index is 12.3. The van der Waals surface area contributed by atoms with Gasteiger partial charge in [0.15, 0.2) is 0 Å². The molecule has 0 aromatic carbocycles. The minimum atomic E-state index is -0.358. The molecule has 0 spiro atoms. The van der Waals surface area contributed by atoms with Crippen LogP contribution < -0.4 is 5.32 Å². The minimum Gasteiger partial charge on any atom is -0.468 e.